The Labute approximate surface area is 219 Å². The number of aliphatic carboxylic acids is 1. The minimum absolute atomic E-state index is 0.395. The lowest BCUT2D eigenvalue weighted by molar-refractivity contribution is -0.131. The van der Waals surface area contributed by atoms with Gasteiger partial charge in [-0.2, -0.15) is 0 Å². The van der Waals surface area contributed by atoms with Gasteiger partial charge in [0.2, 0.25) is 5.88 Å². The summed E-state index contributed by atoms with van der Waals surface area (Å²) in [6.07, 6.45) is 4.55. The van der Waals surface area contributed by atoms with Gasteiger partial charge in [0.15, 0.2) is 5.75 Å². The van der Waals surface area contributed by atoms with Crippen LogP contribution in [0.3, 0.4) is 0 Å². The molecule has 36 heavy (non-hydrogen) atoms. The number of aromatic nitrogens is 1. The number of nitrogens with zero attached hydrogens (tertiary/aromatic N) is 1. The highest BCUT2D eigenvalue weighted by Crippen LogP contribution is 2.36. The molecule has 0 spiro atoms. The molecule has 0 aliphatic rings. The van der Waals surface area contributed by atoms with Crippen LogP contribution in [0.4, 0.5) is 0 Å². The Morgan fingerprint density at radius 1 is 1.08 bits per heavy atom. The summed E-state index contributed by atoms with van der Waals surface area (Å²) in [5, 5.41) is 9.80. The van der Waals surface area contributed by atoms with E-state index in [0.29, 0.717) is 35.4 Å². The number of hydrogen-bond donors (Lipinski definition) is 1. The zero-order chi connectivity index (χ0) is 26.3. The zero-order valence-corrected chi connectivity index (χ0v) is 23.4. The lowest BCUT2D eigenvalue weighted by atomic mass is 9.99. The van der Waals surface area contributed by atoms with E-state index in [1.54, 1.807) is 24.4 Å². The molecule has 0 aliphatic carbocycles. The van der Waals surface area contributed by atoms with E-state index in [1.165, 1.54) is 11.6 Å². The Morgan fingerprint density at radius 2 is 1.81 bits per heavy atom. The number of pyridine rings is 1. The fourth-order valence-electron chi connectivity index (χ4n) is 3.77. The van der Waals surface area contributed by atoms with Gasteiger partial charge in [-0.25, -0.2) is 9.78 Å². The monoisotopic (exact) mass is 523 g/mol. The van der Waals surface area contributed by atoms with E-state index < -0.39 is 14.0 Å². The van der Waals surface area contributed by atoms with Crippen molar-refractivity contribution in [3.8, 4) is 17.4 Å². The third-order valence-electron chi connectivity index (χ3n) is 5.71. The molecule has 0 unspecified atom stereocenters. The van der Waals surface area contributed by atoms with E-state index in [0.717, 1.165) is 34.7 Å². The summed E-state index contributed by atoms with van der Waals surface area (Å²) < 4.78 is 11.8. The number of aryl methyl sites for hydroxylation is 2. The predicted molar refractivity (Wildman–Crippen MR) is 149 cm³/mol. The largest absolute Gasteiger partial charge is 0.487 e. The Kier molecular flexibility index (Phi) is 9.35. The first kappa shape index (κ1) is 27.5. The Morgan fingerprint density at radius 3 is 2.39 bits per heavy atom. The van der Waals surface area contributed by atoms with Gasteiger partial charge in [0, 0.05) is 20.2 Å². The van der Waals surface area contributed by atoms with Crippen molar-refractivity contribution in [2.45, 2.75) is 59.0 Å². The summed E-state index contributed by atoms with van der Waals surface area (Å²) in [4.78, 5) is 15.8. The summed E-state index contributed by atoms with van der Waals surface area (Å²) in [7, 11) is -1.20. The second kappa shape index (κ2) is 12.2. The van der Waals surface area contributed by atoms with Crippen LogP contribution in [0.15, 0.2) is 60.8 Å². The molecular formula is C29H34ClNO4Si. The number of ether oxygens (including phenoxy) is 2. The van der Waals surface area contributed by atoms with Crippen LogP contribution in [0.1, 0.15) is 35.1 Å². The second-order valence-electron chi connectivity index (χ2n) is 10.2. The molecule has 1 N–H and O–H groups in total. The molecule has 3 rings (SSSR count). The predicted octanol–water partition coefficient (Wildman–Crippen LogP) is 8.31. The minimum atomic E-state index is -1.20. The van der Waals surface area contributed by atoms with Gasteiger partial charge in [0.25, 0.3) is 0 Å². The molecule has 0 amide bonds. The first-order chi connectivity index (χ1) is 17.0. The SMILES string of the molecule is Cc1ccc(COc2ccc(Oc3c(C)cc(/C(=C\C(=O)O)CCC[Si](C)(C)C)cc3Cl)nc2)cc1. The first-order valence-corrected chi connectivity index (χ1v) is 16.1. The van der Waals surface area contributed by atoms with Gasteiger partial charge >= 0.3 is 5.97 Å². The van der Waals surface area contributed by atoms with Crippen LogP contribution in [-0.2, 0) is 11.4 Å². The van der Waals surface area contributed by atoms with Crippen LogP contribution in [0, 0.1) is 13.8 Å². The number of carbonyl (C=O) groups is 1. The minimum Gasteiger partial charge on any atom is -0.487 e. The highest BCUT2D eigenvalue weighted by molar-refractivity contribution is 6.76. The molecule has 2 aromatic carbocycles. The van der Waals surface area contributed by atoms with Crippen molar-refractivity contribution in [2.24, 2.45) is 0 Å². The third-order valence-corrected chi connectivity index (χ3v) is 7.85. The molecule has 0 aliphatic heterocycles. The molecule has 0 radical (unpaired) electrons. The van der Waals surface area contributed by atoms with E-state index in [1.807, 2.05) is 25.1 Å². The molecule has 5 nitrogen and oxygen atoms in total. The quantitative estimate of drug-likeness (QED) is 0.202. The molecular weight excluding hydrogens is 490 g/mol. The second-order valence-corrected chi connectivity index (χ2v) is 16.3. The van der Waals surface area contributed by atoms with Crippen LogP contribution in [0.5, 0.6) is 17.4 Å². The highest BCUT2D eigenvalue weighted by atomic mass is 35.5. The number of rotatable bonds is 11. The van der Waals surface area contributed by atoms with Gasteiger partial charge < -0.3 is 14.6 Å². The van der Waals surface area contributed by atoms with Crippen molar-refractivity contribution >= 4 is 31.2 Å². The standard InChI is InChI=1S/C29H34ClNO4Si/c1-20-8-10-22(11-9-20)19-34-25-12-13-27(31-18-25)35-29-21(2)15-24(16-26(29)30)23(17-28(32)33)7-6-14-36(3,4)5/h8-13,15-18H,6-7,14,19H2,1-5H3,(H,32,33)/b23-17-. The van der Waals surface area contributed by atoms with E-state index in [2.05, 4.69) is 43.7 Å². The fraction of sp³-hybridized carbons (Fsp3) is 0.310. The molecule has 0 saturated carbocycles. The third kappa shape index (κ3) is 8.54. The Hall–Kier alpha value is -3.09. The van der Waals surface area contributed by atoms with E-state index in [-0.39, 0.29) is 0 Å². The van der Waals surface area contributed by atoms with Crippen LogP contribution < -0.4 is 9.47 Å². The van der Waals surface area contributed by atoms with E-state index in [9.17, 15) is 9.90 Å². The maximum atomic E-state index is 11.4. The summed E-state index contributed by atoms with van der Waals surface area (Å²) in [6.45, 7) is 11.4. The molecule has 0 atom stereocenters. The van der Waals surface area contributed by atoms with Crippen molar-refractivity contribution < 1.29 is 19.4 Å². The smallest absolute Gasteiger partial charge is 0.328 e. The van der Waals surface area contributed by atoms with Crippen molar-refractivity contribution in [3.05, 3.63) is 88.1 Å². The molecule has 7 heteroatoms. The van der Waals surface area contributed by atoms with E-state index in [4.69, 9.17) is 21.1 Å². The summed E-state index contributed by atoms with van der Waals surface area (Å²) in [6, 6.07) is 16.6. The average Bonchev–Trinajstić information content (AvgIpc) is 2.80. The van der Waals surface area contributed by atoms with Crippen LogP contribution >= 0.6 is 11.6 Å². The molecule has 190 valence electrons. The normalized spacial score (nSPS) is 11.9. The number of halogens is 1. The van der Waals surface area contributed by atoms with Gasteiger partial charge in [-0.3, -0.25) is 0 Å². The summed E-state index contributed by atoms with van der Waals surface area (Å²) in [5.41, 5.74) is 4.67. The van der Waals surface area contributed by atoms with Gasteiger partial charge in [-0.1, -0.05) is 73.5 Å². The fourth-order valence-corrected chi connectivity index (χ4v) is 5.31. The summed E-state index contributed by atoms with van der Waals surface area (Å²) >= 11 is 6.59. The van der Waals surface area contributed by atoms with Crippen LogP contribution in [-0.4, -0.2) is 24.1 Å². The van der Waals surface area contributed by atoms with Gasteiger partial charge in [-0.05, 0) is 60.7 Å². The van der Waals surface area contributed by atoms with Gasteiger partial charge in [0.05, 0.1) is 11.2 Å². The maximum Gasteiger partial charge on any atom is 0.328 e. The van der Waals surface area contributed by atoms with Gasteiger partial charge in [0.1, 0.15) is 12.4 Å². The number of benzene rings is 2. The Balaban J connectivity index is 1.70. The van der Waals surface area contributed by atoms with E-state index >= 15 is 0 Å². The molecule has 1 aromatic heterocycles. The summed E-state index contributed by atoms with van der Waals surface area (Å²) in [5.74, 6) is 0.578. The maximum absolute atomic E-state index is 11.4. The molecule has 1 heterocycles. The Bertz CT molecular complexity index is 1190. The topological polar surface area (TPSA) is 68.7 Å². The van der Waals surface area contributed by atoms with Crippen LogP contribution in [0.2, 0.25) is 30.7 Å². The highest BCUT2D eigenvalue weighted by Gasteiger charge is 2.16. The van der Waals surface area contributed by atoms with Gasteiger partial charge in [-0.15, -0.1) is 0 Å². The van der Waals surface area contributed by atoms with Crippen molar-refractivity contribution in [1.29, 1.82) is 0 Å². The molecule has 0 fully saturated rings. The molecule has 0 bridgehead atoms. The molecule has 3 aromatic rings. The zero-order valence-electron chi connectivity index (χ0n) is 21.6. The first-order valence-electron chi connectivity index (χ1n) is 12.1. The average molecular weight is 524 g/mol. The number of hydrogen-bond acceptors (Lipinski definition) is 4. The number of carboxylic acid groups (broad SMARTS) is 1. The van der Waals surface area contributed by atoms with Crippen molar-refractivity contribution in [2.75, 3.05) is 0 Å². The molecule has 0 saturated heterocycles. The number of carboxylic acids is 1. The lowest BCUT2D eigenvalue weighted by Crippen LogP contribution is -2.18. The van der Waals surface area contributed by atoms with Crippen molar-refractivity contribution in [3.63, 3.8) is 0 Å². The van der Waals surface area contributed by atoms with Crippen LogP contribution in [0.25, 0.3) is 5.57 Å². The van der Waals surface area contributed by atoms with Crippen molar-refractivity contribution in [1.82, 2.24) is 4.98 Å². The lowest BCUT2D eigenvalue weighted by Gasteiger charge is -2.17. The number of allylic oxidation sites excluding steroid dienone is 1.